The monoisotopic (exact) mass is 360 g/mol. The molecule has 1 aliphatic rings. The summed E-state index contributed by atoms with van der Waals surface area (Å²) in [5.74, 6) is -1.85. The van der Waals surface area contributed by atoms with Crippen molar-refractivity contribution >= 4 is 27.5 Å². The molecule has 6 heteroatoms. The lowest BCUT2D eigenvalue weighted by Crippen LogP contribution is -2.32. The van der Waals surface area contributed by atoms with Gasteiger partial charge in [-0.1, -0.05) is 11.6 Å². The van der Waals surface area contributed by atoms with Gasteiger partial charge in [-0.2, -0.15) is 0 Å². The molecule has 20 heavy (non-hydrogen) atoms. The summed E-state index contributed by atoms with van der Waals surface area (Å²) in [5.41, 5.74) is 0.186. The van der Waals surface area contributed by atoms with Crippen LogP contribution in [0.25, 0.3) is 0 Å². The van der Waals surface area contributed by atoms with E-state index in [1.54, 1.807) is 6.92 Å². The Morgan fingerprint density at radius 2 is 1.85 bits per heavy atom. The van der Waals surface area contributed by atoms with Crippen LogP contribution in [-0.2, 0) is 5.79 Å². The molecule has 0 saturated carbocycles. The first kappa shape index (κ1) is 13.6. The molecule has 0 N–H and O–H groups in total. The number of benzene rings is 2. The van der Waals surface area contributed by atoms with Crippen molar-refractivity contribution in [2.75, 3.05) is 0 Å². The SMILES string of the molecule is CC1(c2ccc(Cl)cc2F)Oc2ccc(F)c(Br)c2O1. The Balaban J connectivity index is 2.07. The third kappa shape index (κ3) is 2.05. The molecule has 0 aromatic heterocycles. The first-order chi connectivity index (χ1) is 9.40. The Labute approximate surface area is 127 Å². The molecular weight excluding hydrogens is 354 g/mol. The van der Waals surface area contributed by atoms with E-state index in [1.165, 1.54) is 30.3 Å². The van der Waals surface area contributed by atoms with Gasteiger partial charge in [-0.25, -0.2) is 8.78 Å². The van der Waals surface area contributed by atoms with Crippen molar-refractivity contribution in [3.05, 3.63) is 57.0 Å². The lowest BCUT2D eigenvalue weighted by molar-refractivity contribution is -0.0710. The molecule has 0 bridgehead atoms. The van der Waals surface area contributed by atoms with Crippen LogP contribution >= 0.6 is 27.5 Å². The third-order valence-electron chi connectivity index (χ3n) is 3.04. The van der Waals surface area contributed by atoms with Crippen molar-refractivity contribution in [1.82, 2.24) is 0 Å². The smallest absolute Gasteiger partial charge is 0.278 e. The molecule has 2 aromatic rings. The van der Waals surface area contributed by atoms with Crippen LogP contribution in [0.1, 0.15) is 12.5 Å². The number of hydrogen-bond donors (Lipinski definition) is 0. The van der Waals surface area contributed by atoms with E-state index in [4.69, 9.17) is 21.1 Å². The number of rotatable bonds is 1. The fourth-order valence-electron chi connectivity index (χ4n) is 2.08. The van der Waals surface area contributed by atoms with Crippen molar-refractivity contribution in [3.63, 3.8) is 0 Å². The Bertz CT molecular complexity index is 708. The van der Waals surface area contributed by atoms with E-state index in [2.05, 4.69) is 15.9 Å². The molecule has 2 aromatic carbocycles. The van der Waals surface area contributed by atoms with E-state index in [-0.39, 0.29) is 20.8 Å². The highest BCUT2D eigenvalue weighted by Crippen LogP contribution is 2.49. The quantitative estimate of drug-likeness (QED) is 0.710. The van der Waals surface area contributed by atoms with E-state index in [0.29, 0.717) is 5.75 Å². The van der Waals surface area contributed by atoms with Gasteiger partial charge in [0.1, 0.15) is 11.6 Å². The van der Waals surface area contributed by atoms with Crippen LogP contribution in [0.5, 0.6) is 11.5 Å². The summed E-state index contributed by atoms with van der Waals surface area (Å²) < 4.78 is 38.9. The molecule has 0 aliphatic carbocycles. The van der Waals surface area contributed by atoms with Crippen LogP contribution in [0.4, 0.5) is 8.78 Å². The van der Waals surface area contributed by atoms with Crippen LogP contribution in [0.2, 0.25) is 5.02 Å². The average Bonchev–Trinajstić information content (AvgIpc) is 2.72. The first-order valence-electron chi connectivity index (χ1n) is 5.72. The molecule has 0 amide bonds. The molecule has 1 aliphatic heterocycles. The fraction of sp³-hybridized carbons (Fsp3) is 0.143. The van der Waals surface area contributed by atoms with Crippen LogP contribution in [0.3, 0.4) is 0 Å². The lowest BCUT2D eigenvalue weighted by atomic mass is 10.1. The molecule has 0 radical (unpaired) electrons. The van der Waals surface area contributed by atoms with Gasteiger partial charge >= 0.3 is 0 Å². The zero-order chi connectivity index (χ0) is 14.5. The van der Waals surface area contributed by atoms with Crippen molar-refractivity contribution in [2.24, 2.45) is 0 Å². The van der Waals surface area contributed by atoms with E-state index >= 15 is 0 Å². The maximum absolute atomic E-state index is 14.0. The Hall–Kier alpha value is -1.33. The number of halogens is 4. The molecule has 1 unspecified atom stereocenters. The predicted octanol–water partition coefficient (Wildman–Crippen LogP) is 5.02. The number of hydrogen-bond acceptors (Lipinski definition) is 2. The van der Waals surface area contributed by atoms with Crippen LogP contribution in [0, 0.1) is 11.6 Å². The zero-order valence-electron chi connectivity index (χ0n) is 10.2. The highest BCUT2D eigenvalue weighted by molar-refractivity contribution is 9.10. The first-order valence-corrected chi connectivity index (χ1v) is 6.89. The molecule has 0 saturated heterocycles. The normalized spacial score (nSPS) is 20.2. The van der Waals surface area contributed by atoms with Gasteiger partial charge < -0.3 is 9.47 Å². The molecular formula is C14H8BrClF2O2. The van der Waals surface area contributed by atoms with Gasteiger partial charge in [0.25, 0.3) is 5.79 Å². The summed E-state index contributed by atoms with van der Waals surface area (Å²) in [4.78, 5) is 0. The number of ether oxygens (including phenoxy) is 2. The van der Waals surface area contributed by atoms with Gasteiger partial charge in [-0.05, 0) is 46.3 Å². The molecule has 3 rings (SSSR count). The summed E-state index contributed by atoms with van der Waals surface area (Å²) in [6.45, 7) is 1.56. The summed E-state index contributed by atoms with van der Waals surface area (Å²) in [5, 5.41) is 0.276. The molecule has 0 fully saturated rings. The molecule has 2 nitrogen and oxygen atoms in total. The van der Waals surface area contributed by atoms with Crippen LogP contribution in [-0.4, -0.2) is 0 Å². The fourth-order valence-corrected chi connectivity index (χ4v) is 2.65. The van der Waals surface area contributed by atoms with E-state index in [0.717, 1.165) is 0 Å². The average molecular weight is 362 g/mol. The predicted molar refractivity (Wildman–Crippen MR) is 74.1 cm³/mol. The van der Waals surface area contributed by atoms with Gasteiger partial charge in [0.05, 0.1) is 10.0 Å². The number of fused-ring (bicyclic) bond motifs is 1. The van der Waals surface area contributed by atoms with Gasteiger partial charge in [-0.3, -0.25) is 0 Å². The lowest BCUT2D eigenvalue weighted by Gasteiger charge is -2.24. The van der Waals surface area contributed by atoms with Gasteiger partial charge in [0, 0.05) is 11.9 Å². The Morgan fingerprint density at radius 1 is 1.10 bits per heavy atom. The van der Waals surface area contributed by atoms with E-state index in [9.17, 15) is 8.78 Å². The zero-order valence-corrected chi connectivity index (χ0v) is 12.6. The van der Waals surface area contributed by atoms with E-state index in [1.807, 2.05) is 0 Å². The maximum atomic E-state index is 14.0. The van der Waals surface area contributed by atoms with Gasteiger partial charge in [0.15, 0.2) is 11.5 Å². The highest BCUT2D eigenvalue weighted by Gasteiger charge is 2.42. The summed E-state index contributed by atoms with van der Waals surface area (Å²) in [6.07, 6.45) is 0. The molecule has 1 atom stereocenters. The van der Waals surface area contributed by atoms with Crippen LogP contribution in [0.15, 0.2) is 34.8 Å². The van der Waals surface area contributed by atoms with Crippen molar-refractivity contribution in [3.8, 4) is 11.5 Å². The van der Waals surface area contributed by atoms with Gasteiger partial charge in [-0.15, -0.1) is 0 Å². The second-order valence-electron chi connectivity index (χ2n) is 4.46. The van der Waals surface area contributed by atoms with Crippen molar-refractivity contribution < 1.29 is 18.3 Å². The van der Waals surface area contributed by atoms with Crippen molar-refractivity contribution in [1.29, 1.82) is 0 Å². The minimum atomic E-state index is -1.37. The molecule has 104 valence electrons. The van der Waals surface area contributed by atoms with Crippen molar-refractivity contribution in [2.45, 2.75) is 12.7 Å². The minimum absolute atomic E-state index is 0.146. The summed E-state index contributed by atoms with van der Waals surface area (Å²) in [7, 11) is 0. The molecule has 0 spiro atoms. The Kier molecular flexibility index (Phi) is 3.14. The second-order valence-corrected chi connectivity index (χ2v) is 5.69. The summed E-state index contributed by atoms with van der Waals surface area (Å²) in [6, 6.07) is 6.88. The Morgan fingerprint density at radius 3 is 2.55 bits per heavy atom. The summed E-state index contributed by atoms with van der Waals surface area (Å²) >= 11 is 8.82. The second kappa shape index (κ2) is 4.60. The van der Waals surface area contributed by atoms with Crippen LogP contribution < -0.4 is 9.47 Å². The third-order valence-corrected chi connectivity index (χ3v) is 4.01. The largest absolute Gasteiger partial charge is 0.444 e. The maximum Gasteiger partial charge on any atom is 0.278 e. The standard InChI is InChI=1S/C14H8BrClF2O2/c1-14(8-3-2-7(16)6-10(8)18)19-11-5-4-9(17)12(15)13(11)20-14/h2-6H,1H3. The topological polar surface area (TPSA) is 18.5 Å². The highest BCUT2D eigenvalue weighted by atomic mass is 79.9. The van der Waals surface area contributed by atoms with Gasteiger partial charge in [0.2, 0.25) is 0 Å². The molecule has 1 heterocycles. The van der Waals surface area contributed by atoms with E-state index < -0.39 is 17.4 Å². The minimum Gasteiger partial charge on any atom is -0.444 e.